The van der Waals surface area contributed by atoms with Gasteiger partial charge in [-0.05, 0) is 48.4 Å². The van der Waals surface area contributed by atoms with Gasteiger partial charge in [-0.15, -0.1) is 11.3 Å². The average molecular weight is 432 g/mol. The Morgan fingerprint density at radius 3 is 2.45 bits per heavy atom. The van der Waals surface area contributed by atoms with E-state index in [0.717, 1.165) is 37.9 Å². The molecule has 1 aliphatic rings. The lowest BCUT2D eigenvalue weighted by Crippen LogP contribution is -2.42. The first kappa shape index (κ1) is 19.9. The molecular weight excluding hydrogens is 410 g/mol. The Morgan fingerprint density at radius 2 is 1.72 bits per heavy atom. The number of likely N-dealkylation sites (tertiary alicyclic amines) is 1. The summed E-state index contributed by atoms with van der Waals surface area (Å²) >= 11 is 7.27. The number of benzene rings is 1. The highest BCUT2D eigenvalue weighted by Gasteiger charge is 2.19. The second-order valence-electron chi connectivity index (χ2n) is 7.28. The van der Waals surface area contributed by atoms with Crippen LogP contribution in [0.25, 0.3) is 10.2 Å². The molecule has 4 rings (SSSR count). The predicted octanol–water partition coefficient (Wildman–Crippen LogP) is 3.33. The van der Waals surface area contributed by atoms with Crippen molar-refractivity contribution in [1.82, 2.24) is 14.0 Å². The second kappa shape index (κ2) is 8.55. The normalized spacial score (nSPS) is 14.4. The fourth-order valence-electron chi connectivity index (χ4n) is 3.76. The maximum absolute atomic E-state index is 13.1. The fraction of sp³-hybridized carbons (Fsp3) is 0.381. The second-order valence-corrected chi connectivity index (χ2v) is 8.63. The molecule has 0 radical (unpaired) electrons. The van der Waals surface area contributed by atoms with Crippen molar-refractivity contribution >= 4 is 39.1 Å². The molecule has 3 aromatic rings. The Kier molecular flexibility index (Phi) is 5.87. The maximum atomic E-state index is 13.1. The van der Waals surface area contributed by atoms with E-state index < -0.39 is 0 Å². The highest BCUT2D eigenvalue weighted by atomic mass is 35.5. The predicted molar refractivity (Wildman–Crippen MR) is 116 cm³/mol. The van der Waals surface area contributed by atoms with E-state index in [9.17, 15) is 14.4 Å². The molecule has 29 heavy (non-hydrogen) atoms. The quantitative estimate of drug-likeness (QED) is 0.622. The van der Waals surface area contributed by atoms with Crippen LogP contribution < -0.4 is 11.2 Å². The van der Waals surface area contributed by atoms with Crippen LogP contribution in [-0.2, 0) is 17.9 Å². The molecule has 1 saturated heterocycles. The number of nitrogens with zero attached hydrogens (tertiary/aromatic N) is 3. The van der Waals surface area contributed by atoms with Crippen LogP contribution in [0.4, 0.5) is 0 Å². The van der Waals surface area contributed by atoms with Crippen LogP contribution in [-0.4, -0.2) is 33.0 Å². The number of amides is 1. The van der Waals surface area contributed by atoms with Gasteiger partial charge in [0.2, 0.25) is 5.91 Å². The summed E-state index contributed by atoms with van der Waals surface area (Å²) in [6.45, 7) is 1.96. The minimum Gasteiger partial charge on any atom is -0.343 e. The third kappa shape index (κ3) is 4.16. The van der Waals surface area contributed by atoms with Crippen molar-refractivity contribution in [3.05, 3.63) is 67.1 Å². The van der Waals surface area contributed by atoms with Crippen LogP contribution in [0.5, 0.6) is 0 Å². The van der Waals surface area contributed by atoms with Crippen molar-refractivity contribution < 1.29 is 4.79 Å². The summed E-state index contributed by atoms with van der Waals surface area (Å²) in [4.78, 5) is 40.4. The number of piperidine rings is 1. The van der Waals surface area contributed by atoms with Crippen LogP contribution in [0, 0.1) is 0 Å². The van der Waals surface area contributed by atoms with Gasteiger partial charge in [-0.3, -0.25) is 18.7 Å². The van der Waals surface area contributed by atoms with Crippen molar-refractivity contribution in [2.45, 2.75) is 38.8 Å². The number of rotatable bonds is 5. The maximum Gasteiger partial charge on any atom is 0.331 e. The molecule has 8 heteroatoms. The average Bonchev–Trinajstić information content (AvgIpc) is 3.23. The standard InChI is InChI=1S/C21H22ClN3O3S/c22-16-6-4-15(5-7-16)14-25-17-9-13-29-19(17)20(27)24(21(25)28)12-8-18(26)23-10-2-1-3-11-23/h4-7,9,13H,1-3,8,10-12,14H2. The molecular formula is C21H22ClN3O3S. The summed E-state index contributed by atoms with van der Waals surface area (Å²) in [6, 6.07) is 9.08. The van der Waals surface area contributed by atoms with Crippen molar-refractivity contribution in [2.75, 3.05) is 13.1 Å². The van der Waals surface area contributed by atoms with Crippen LogP contribution >= 0.6 is 22.9 Å². The smallest absolute Gasteiger partial charge is 0.331 e. The Hall–Kier alpha value is -2.38. The molecule has 1 amide bonds. The van der Waals surface area contributed by atoms with E-state index in [1.165, 1.54) is 15.9 Å². The van der Waals surface area contributed by atoms with Crippen LogP contribution in [0.15, 0.2) is 45.3 Å². The van der Waals surface area contributed by atoms with Crippen LogP contribution in [0.3, 0.4) is 0 Å². The van der Waals surface area contributed by atoms with Crippen molar-refractivity contribution in [2.24, 2.45) is 0 Å². The molecule has 0 atom stereocenters. The number of thiophene rings is 1. The number of halogens is 1. The van der Waals surface area contributed by atoms with Crippen molar-refractivity contribution in [1.29, 1.82) is 0 Å². The highest BCUT2D eigenvalue weighted by Crippen LogP contribution is 2.17. The van der Waals surface area contributed by atoms with Gasteiger partial charge in [-0.2, -0.15) is 0 Å². The molecule has 2 aromatic heterocycles. The first-order valence-electron chi connectivity index (χ1n) is 9.77. The van der Waals surface area contributed by atoms with E-state index in [-0.39, 0.29) is 30.1 Å². The Bertz CT molecular complexity index is 1140. The molecule has 1 fully saturated rings. The molecule has 152 valence electrons. The van der Waals surface area contributed by atoms with Gasteiger partial charge in [-0.25, -0.2) is 4.79 Å². The van der Waals surface area contributed by atoms with Gasteiger partial charge < -0.3 is 4.90 Å². The van der Waals surface area contributed by atoms with E-state index >= 15 is 0 Å². The highest BCUT2D eigenvalue weighted by molar-refractivity contribution is 7.17. The van der Waals surface area contributed by atoms with E-state index in [2.05, 4.69) is 0 Å². The summed E-state index contributed by atoms with van der Waals surface area (Å²) in [7, 11) is 0. The lowest BCUT2D eigenvalue weighted by molar-refractivity contribution is -0.132. The molecule has 3 heterocycles. The molecule has 6 nitrogen and oxygen atoms in total. The Labute approximate surface area is 176 Å². The number of hydrogen-bond donors (Lipinski definition) is 0. The summed E-state index contributed by atoms with van der Waals surface area (Å²) in [5, 5.41) is 2.44. The number of carbonyl (C=O) groups excluding carboxylic acids is 1. The van der Waals surface area contributed by atoms with Crippen molar-refractivity contribution in [3.8, 4) is 0 Å². The SMILES string of the molecule is O=C(CCn1c(=O)c2sccc2n(Cc2ccc(Cl)cc2)c1=O)N1CCCCC1. The number of hydrogen-bond acceptors (Lipinski definition) is 4. The zero-order valence-corrected chi connectivity index (χ0v) is 17.5. The van der Waals surface area contributed by atoms with Gasteiger partial charge in [0.15, 0.2) is 0 Å². The molecule has 0 saturated carbocycles. The molecule has 0 spiro atoms. The van der Waals surface area contributed by atoms with Gasteiger partial charge in [-0.1, -0.05) is 23.7 Å². The summed E-state index contributed by atoms with van der Waals surface area (Å²) in [6.07, 6.45) is 3.34. The largest absolute Gasteiger partial charge is 0.343 e. The fourth-order valence-corrected chi connectivity index (χ4v) is 4.73. The zero-order chi connectivity index (χ0) is 20.4. The molecule has 0 aliphatic carbocycles. The Balaban J connectivity index is 1.65. The van der Waals surface area contributed by atoms with E-state index in [1.807, 2.05) is 22.4 Å². The first-order chi connectivity index (χ1) is 14.0. The van der Waals surface area contributed by atoms with E-state index in [1.54, 1.807) is 22.8 Å². The zero-order valence-electron chi connectivity index (χ0n) is 16.0. The number of aromatic nitrogens is 2. The number of fused-ring (bicyclic) bond motifs is 1. The molecule has 0 bridgehead atoms. The Morgan fingerprint density at radius 1 is 1.00 bits per heavy atom. The molecule has 1 aliphatic heterocycles. The van der Waals surface area contributed by atoms with Crippen molar-refractivity contribution in [3.63, 3.8) is 0 Å². The topological polar surface area (TPSA) is 64.3 Å². The van der Waals surface area contributed by atoms with Crippen LogP contribution in [0.2, 0.25) is 5.02 Å². The van der Waals surface area contributed by atoms with Gasteiger partial charge >= 0.3 is 5.69 Å². The first-order valence-corrected chi connectivity index (χ1v) is 11.0. The summed E-state index contributed by atoms with van der Waals surface area (Å²) < 4.78 is 3.34. The van der Waals surface area contributed by atoms with Gasteiger partial charge in [0, 0.05) is 31.1 Å². The minimum atomic E-state index is -0.387. The minimum absolute atomic E-state index is 0.00604. The molecule has 1 aromatic carbocycles. The van der Waals surface area contributed by atoms with E-state index in [4.69, 9.17) is 11.6 Å². The van der Waals surface area contributed by atoms with Gasteiger partial charge in [0.05, 0.1) is 12.1 Å². The molecule has 0 N–H and O–H groups in total. The van der Waals surface area contributed by atoms with Gasteiger partial charge in [0.25, 0.3) is 5.56 Å². The third-order valence-corrected chi connectivity index (χ3v) is 6.49. The number of carbonyl (C=O) groups is 1. The monoisotopic (exact) mass is 431 g/mol. The lowest BCUT2D eigenvalue weighted by Gasteiger charge is -2.26. The third-order valence-electron chi connectivity index (χ3n) is 5.35. The molecule has 0 unspecified atom stereocenters. The van der Waals surface area contributed by atoms with Gasteiger partial charge in [0.1, 0.15) is 4.70 Å². The van der Waals surface area contributed by atoms with Crippen LogP contribution in [0.1, 0.15) is 31.2 Å². The summed E-state index contributed by atoms with van der Waals surface area (Å²) in [5.74, 6) is 0.00604. The lowest BCUT2D eigenvalue weighted by atomic mass is 10.1. The summed E-state index contributed by atoms with van der Waals surface area (Å²) in [5.41, 5.74) is 0.832. The van der Waals surface area contributed by atoms with E-state index in [0.29, 0.717) is 21.8 Å².